The molecule has 0 heterocycles. The normalized spacial score (nSPS) is 11.3. The van der Waals surface area contributed by atoms with Crippen molar-refractivity contribution in [1.29, 1.82) is 0 Å². The van der Waals surface area contributed by atoms with Crippen LogP contribution in [0.2, 0.25) is 0 Å². The summed E-state index contributed by atoms with van der Waals surface area (Å²) in [5.74, 6) is -0.259. The molecule has 120 valence electrons. The monoisotopic (exact) mass is 312 g/mol. The van der Waals surface area contributed by atoms with Crippen LogP contribution in [0.1, 0.15) is 11.1 Å². The molecule has 5 heteroatoms. The Bertz CT molecular complexity index is 629. The van der Waals surface area contributed by atoms with Crippen LogP contribution < -0.4 is 10.6 Å². The molecule has 5 nitrogen and oxygen atoms in total. The molecule has 2 N–H and O–H groups in total. The molecule has 0 spiro atoms. The summed E-state index contributed by atoms with van der Waals surface area (Å²) >= 11 is 0. The number of hydrogen-bond acceptors (Lipinski definition) is 3. The molecule has 0 saturated heterocycles. The molecule has 2 aromatic carbocycles. The van der Waals surface area contributed by atoms with Crippen LogP contribution in [0.5, 0.6) is 0 Å². The standard InChI is InChI=1S/C18H20N2O3/c1-19-17(21)16(12-14-8-4-2-5-9-14)20-18(22)23-13-15-10-6-3-7-11-15/h2-11,16H,12-13H2,1H3,(H,19,21)(H,20,22). The van der Waals surface area contributed by atoms with Gasteiger partial charge in [0.05, 0.1) is 0 Å². The summed E-state index contributed by atoms with van der Waals surface area (Å²) in [6.45, 7) is 0.165. The Hall–Kier alpha value is -2.82. The van der Waals surface area contributed by atoms with Gasteiger partial charge in [0.1, 0.15) is 12.6 Å². The Balaban J connectivity index is 1.91. The molecule has 1 unspecified atom stereocenters. The number of likely N-dealkylation sites (N-methyl/N-ethyl adjacent to an activating group) is 1. The van der Waals surface area contributed by atoms with E-state index in [0.717, 1.165) is 11.1 Å². The Morgan fingerprint density at radius 1 is 0.957 bits per heavy atom. The van der Waals surface area contributed by atoms with Gasteiger partial charge in [-0.15, -0.1) is 0 Å². The van der Waals surface area contributed by atoms with E-state index in [1.807, 2.05) is 60.7 Å². The van der Waals surface area contributed by atoms with E-state index in [9.17, 15) is 9.59 Å². The number of carbonyl (C=O) groups is 2. The van der Waals surface area contributed by atoms with Crippen molar-refractivity contribution in [3.63, 3.8) is 0 Å². The highest BCUT2D eigenvalue weighted by atomic mass is 16.5. The molecule has 0 aliphatic rings. The quantitative estimate of drug-likeness (QED) is 0.860. The summed E-state index contributed by atoms with van der Waals surface area (Å²) in [4.78, 5) is 23.9. The van der Waals surface area contributed by atoms with Crippen molar-refractivity contribution in [3.05, 3.63) is 71.8 Å². The van der Waals surface area contributed by atoms with Crippen LogP contribution in [0.25, 0.3) is 0 Å². The summed E-state index contributed by atoms with van der Waals surface area (Å²) in [6, 6.07) is 18.2. The van der Waals surface area contributed by atoms with Crippen molar-refractivity contribution in [1.82, 2.24) is 10.6 Å². The van der Waals surface area contributed by atoms with E-state index >= 15 is 0 Å². The number of alkyl carbamates (subject to hydrolysis) is 1. The van der Waals surface area contributed by atoms with Gasteiger partial charge >= 0.3 is 6.09 Å². The van der Waals surface area contributed by atoms with Gasteiger partial charge in [-0.25, -0.2) is 4.79 Å². The Labute approximate surface area is 135 Å². The maximum atomic E-state index is 11.9. The molecule has 0 saturated carbocycles. The molecule has 0 radical (unpaired) electrons. The van der Waals surface area contributed by atoms with E-state index < -0.39 is 12.1 Å². The largest absolute Gasteiger partial charge is 0.445 e. The summed E-state index contributed by atoms with van der Waals surface area (Å²) in [7, 11) is 1.54. The zero-order valence-electron chi connectivity index (χ0n) is 13.0. The van der Waals surface area contributed by atoms with Gasteiger partial charge in [0.15, 0.2) is 0 Å². The molecule has 2 rings (SSSR count). The van der Waals surface area contributed by atoms with Crippen LogP contribution in [0.15, 0.2) is 60.7 Å². The molecule has 1 atom stereocenters. The van der Waals surface area contributed by atoms with Crippen molar-refractivity contribution in [2.45, 2.75) is 19.1 Å². The molecular weight excluding hydrogens is 292 g/mol. The second-order valence-electron chi connectivity index (χ2n) is 5.06. The van der Waals surface area contributed by atoms with Gasteiger partial charge in [0.2, 0.25) is 5.91 Å². The smallest absolute Gasteiger partial charge is 0.408 e. The molecule has 0 aliphatic heterocycles. The van der Waals surface area contributed by atoms with Gasteiger partial charge in [-0.3, -0.25) is 4.79 Å². The van der Waals surface area contributed by atoms with Crippen molar-refractivity contribution in [3.8, 4) is 0 Å². The SMILES string of the molecule is CNC(=O)C(Cc1ccccc1)NC(=O)OCc1ccccc1. The van der Waals surface area contributed by atoms with E-state index in [0.29, 0.717) is 6.42 Å². The van der Waals surface area contributed by atoms with Gasteiger partial charge in [0.25, 0.3) is 0 Å². The van der Waals surface area contributed by atoms with E-state index in [2.05, 4.69) is 10.6 Å². The first kappa shape index (κ1) is 16.5. The van der Waals surface area contributed by atoms with Gasteiger partial charge in [-0.2, -0.15) is 0 Å². The zero-order chi connectivity index (χ0) is 16.5. The minimum absolute atomic E-state index is 0.165. The minimum atomic E-state index is -0.675. The minimum Gasteiger partial charge on any atom is -0.445 e. The van der Waals surface area contributed by atoms with Crippen molar-refractivity contribution in [2.24, 2.45) is 0 Å². The number of amides is 2. The molecule has 2 amide bonds. The topological polar surface area (TPSA) is 67.4 Å². The fourth-order valence-corrected chi connectivity index (χ4v) is 2.14. The number of rotatable bonds is 6. The van der Waals surface area contributed by atoms with Crippen LogP contribution in [0, 0.1) is 0 Å². The first-order chi connectivity index (χ1) is 11.2. The van der Waals surface area contributed by atoms with Gasteiger partial charge in [-0.05, 0) is 11.1 Å². The third-order valence-corrected chi connectivity index (χ3v) is 3.35. The average molecular weight is 312 g/mol. The fraction of sp³-hybridized carbons (Fsp3) is 0.222. The molecule has 0 fully saturated rings. The number of hydrogen-bond donors (Lipinski definition) is 2. The van der Waals surface area contributed by atoms with Gasteiger partial charge < -0.3 is 15.4 Å². The maximum absolute atomic E-state index is 11.9. The van der Waals surface area contributed by atoms with Crippen LogP contribution in [-0.2, 0) is 22.6 Å². The first-order valence-electron chi connectivity index (χ1n) is 7.42. The van der Waals surface area contributed by atoms with E-state index in [1.165, 1.54) is 7.05 Å². The van der Waals surface area contributed by atoms with E-state index in [4.69, 9.17) is 4.74 Å². The predicted octanol–water partition coefficient (Wildman–Crippen LogP) is 2.27. The van der Waals surface area contributed by atoms with Crippen molar-refractivity contribution < 1.29 is 14.3 Å². The van der Waals surface area contributed by atoms with Crippen molar-refractivity contribution >= 4 is 12.0 Å². The molecule has 2 aromatic rings. The lowest BCUT2D eigenvalue weighted by Gasteiger charge is -2.17. The Morgan fingerprint density at radius 2 is 1.52 bits per heavy atom. The lowest BCUT2D eigenvalue weighted by Crippen LogP contribution is -2.47. The lowest BCUT2D eigenvalue weighted by atomic mass is 10.1. The summed E-state index contributed by atoms with van der Waals surface area (Å²) < 4.78 is 5.16. The number of ether oxygens (including phenoxy) is 1. The highest BCUT2D eigenvalue weighted by molar-refractivity contribution is 5.85. The number of carbonyl (C=O) groups excluding carboxylic acids is 2. The summed E-state index contributed by atoms with van der Waals surface area (Å²) in [5, 5.41) is 5.17. The molecule has 0 aliphatic carbocycles. The zero-order valence-corrected chi connectivity index (χ0v) is 13.0. The third-order valence-electron chi connectivity index (χ3n) is 3.35. The lowest BCUT2D eigenvalue weighted by molar-refractivity contribution is -0.122. The van der Waals surface area contributed by atoms with Crippen LogP contribution in [-0.4, -0.2) is 25.1 Å². The molecule has 0 bridgehead atoms. The first-order valence-corrected chi connectivity index (χ1v) is 7.42. The number of benzene rings is 2. The average Bonchev–Trinajstić information content (AvgIpc) is 2.60. The number of nitrogens with one attached hydrogen (secondary N) is 2. The van der Waals surface area contributed by atoms with Crippen LogP contribution >= 0.6 is 0 Å². The Kier molecular flexibility index (Phi) is 6.17. The maximum Gasteiger partial charge on any atom is 0.408 e. The highest BCUT2D eigenvalue weighted by Gasteiger charge is 2.20. The second-order valence-corrected chi connectivity index (χ2v) is 5.06. The van der Waals surface area contributed by atoms with Gasteiger partial charge in [-0.1, -0.05) is 60.7 Å². The van der Waals surface area contributed by atoms with Gasteiger partial charge in [0, 0.05) is 13.5 Å². The molecular formula is C18H20N2O3. The summed E-state index contributed by atoms with van der Waals surface area (Å²) in [6.07, 6.45) is -0.209. The van der Waals surface area contributed by atoms with Crippen LogP contribution in [0.4, 0.5) is 4.79 Å². The van der Waals surface area contributed by atoms with E-state index in [-0.39, 0.29) is 12.5 Å². The molecule has 23 heavy (non-hydrogen) atoms. The van der Waals surface area contributed by atoms with E-state index in [1.54, 1.807) is 0 Å². The third kappa shape index (κ3) is 5.47. The Morgan fingerprint density at radius 3 is 2.09 bits per heavy atom. The highest BCUT2D eigenvalue weighted by Crippen LogP contribution is 2.05. The predicted molar refractivity (Wildman–Crippen MR) is 87.8 cm³/mol. The fourth-order valence-electron chi connectivity index (χ4n) is 2.14. The van der Waals surface area contributed by atoms with Crippen molar-refractivity contribution in [2.75, 3.05) is 7.05 Å². The summed E-state index contributed by atoms with van der Waals surface area (Å²) in [5.41, 5.74) is 1.85. The second kappa shape index (κ2) is 8.58. The van der Waals surface area contributed by atoms with Crippen LogP contribution in [0.3, 0.4) is 0 Å². The molecule has 0 aromatic heterocycles.